The smallest absolute Gasteiger partial charge is 0.163 e. The molecule has 0 saturated heterocycles. The van der Waals surface area contributed by atoms with Crippen LogP contribution in [0.3, 0.4) is 0 Å². The molecule has 0 spiro atoms. The lowest BCUT2D eigenvalue weighted by Crippen LogP contribution is -1.92. The van der Waals surface area contributed by atoms with E-state index in [2.05, 4.69) is 10.1 Å². The highest BCUT2D eigenvalue weighted by molar-refractivity contribution is 5.81. The van der Waals surface area contributed by atoms with Crippen molar-refractivity contribution in [3.8, 4) is 16.9 Å². The van der Waals surface area contributed by atoms with Crippen molar-refractivity contribution < 1.29 is 4.74 Å². The molecule has 0 amide bonds. The van der Waals surface area contributed by atoms with Gasteiger partial charge in [-0.25, -0.2) is 9.50 Å². The Morgan fingerprint density at radius 2 is 1.94 bits per heavy atom. The van der Waals surface area contributed by atoms with Crippen molar-refractivity contribution >= 4 is 5.65 Å². The molecule has 0 fully saturated rings. The molecule has 2 heterocycles. The fourth-order valence-electron chi connectivity index (χ4n) is 2.02. The summed E-state index contributed by atoms with van der Waals surface area (Å²) in [6.45, 7) is 1.97. The molecule has 0 aliphatic rings. The zero-order valence-corrected chi connectivity index (χ0v) is 10.3. The van der Waals surface area contributed by atoms with E-state index in [0.29, 0.717) is 0 Å². The molecule has 90 valence electrons. The summed E-state index contributed by atoms with van der Waals surface area (Å²) < 4.78 is 7.16. The van der Waals surface area contributed by atoms with Crippen LogP contribution >= 0.6 is 0 Å². The molecule has 2 aromatic heterocycles. The van der Waals surface area contributed by atoms with Crippen LogP contribution < -0.4 is 4.74 Å². The van der Waals surface area contributed by atoms with Crippen molar-refractivity contribution in [3.63, 3.8) is 0 Å². The Labute approximate surface area is 105 Å². The molecule has 18 heavy (non-hydrogen) atoms. The number of aryl methyl sites for hydroxylation is 1. The van der Waals surface area contributed by atoms with Gasteiger partial charge >= 0.3 is 0 Å². The van der Waals surface area contributed by atoms with Crippen LogP contribution in [0.25, 0.3) is 16.8 Å². The van der Waals surface area contributed by atoms with Crippen LogP contribution in [0.15, 0.2) is 42.7 Å². The predicted octanol–water partition coefficient (Wildman–Crippen LogP) is 2.71. The maximum absolute atomic E-state index is 5.38. The fourth-order valence-corrected chi connectivity index (χ4v) is 2.02. The van der Waals surface area contributed by atoms with Crippen molar-refractivity contribution in [2.45, 2.75) is 6.92 Å². The lowest BCUT2D eigenvalue weighted by atomic mass is 10.1. The quantitative estimate of drug-likeness (QED) is 0.690. The first kappa shape index (κ1) is 10.8. The summed E-state index contributed by atoms with van der Waals surface area (Å²) in [6, 6.07) is 9.82. The Balaban J connectivity index is 2.28. The van der Waals surface area contributed by atoms with Gasteiger partial charge in [0.1, 0.15) is 5.75 Å². The average molecular weight is 239 g/mol. The van der Waals surface area contributed by atoms with Gasteiger partial charge in [0.05, 0.1) is 18.9 Å². The van der Waals surface area contributed by atoms with E-state index in [1.807, 2.05) is 49.6 Å². The highest BCUT2D eigenvalue weighted by Crippen LogP contribution is 2.31. The minimum Gasteiger partial charge on any atom is -0.496 e. The minimum absolute atomic E-state index is 0.829. The van der Waals surface area contributed by atoms with E-state index in [9.17, 15) is 0 Å². The third-order valence-corrected chi connectivity index (χ3v) is 2.91. The summed E-state index contributed by atoms with van der Waals surface area (Å²) in [4.78, 5) is 4.53. The molecule has 4 heteroatoms. The summed E-state index contributed by atoms with van der Waals surface area (Å²) in [5.41, 5.74) is 3.81. The molecule has 0 N–H and O–H groups in total. The normalized spacial score (nSPS) is 10.8. The van der Waals surface area contributed by atoms with Crippen molar-refractivity contribution in [3.05, 3.63) is 48.4 Å². The highest BCUT2D eigenvalue weighted by Gasteiger charge is 2.11. The summed E-state index contributed by atoms with van der Waals surface area (Å²) >= 11 is 0. The molecule has 3 rings (SSSR count). The van der Waals surface area contributed by atoms with Gasteiger partial charge in [-0.3, -0.25) is 0 Å². The zero-order chi connectivity index (χ0) is 12.5. The first-order valence-corrected chi connectivity index (χ1v) is 5.74. The number of nitrogens with zero attached hydrogens (tertiary/aromatic N) is 3. The molecular formula is C14H13N3O. The SMILES string of the molecule is COc1ccccc1-c1cnn2ccc(C)nc12. The summed E-state index contributed by atoms with van der Waals surface area (Å²) in [5.74, 6) is 0.829. The number of benzene rings is 1. The molecule has 4 nitrogen and oxygen atoms in total. The van der Waals surface area contributed by atoms with Crippen LogP contribution in [0.1, 0.15) is 5.69 Å². The van der Waals surface area contributed by atoms with Crippen LogP contribution in [0.4, 0.5) is 0 Å². The van der Waals surface area contributed by atoms with Gasteiger partial charge in [-0.05, 0) is 19.1 Å². The maximum Gasteiger partial charge on any atom is 0.163 e. The van der Waals surface area contributed by atoms with Crippen molar-refractivity contribution in [2.24, 2.45) is 0 Å². The summed E-state index contributed by atoms with van der Waals surface area (Å²) in [5, 5.41) is 4.31. The largest absolute Gasteiger partial charge is 0.496 e. The number of aromatic nitrogens is 3. The van der Waals surface area contributed by atoms with Gasteiger partial charge in [-0.15, -0.1) is 0 Å². The van der Waals surface area contributed by atoms with Gasteiger partial charge in [-0.1, -0.05) is 18.2 Å². The Bertz CT molecular complexity index is 703. The molecule has 0 aliphatic heterocycles. The monoisotopic (exact) mass is 239 g/mol. The molecule has 0 atom stereocenters. The Hall–Kier alpha value is -2.36. The van der Waals surface area contributed by atoms with Crippen LogP contribution in [0, 0.1) is 6.92 Å². The molecule has 0 saturated carbocycles. The summed E-state index contributed by atoms with van der Waals surface area (Å²) in [7, 11) is 1.67. The number of ether oxygens (including phenoxy) is 1. The Morgan fingerprint density at radius 3 is 2.78 bits per heavy atom. The first-order valence-electron chi connectivity index (χ1n) is 5.74. The molecule has 0 radical (unpaired) electrons. The van der Waals surface area contributed by atoms with E-state index in [4.69, 9.17) is 4.74 Å². The van der Waals surface area contributed by atoms with Gasteiger partial charge in [-0.2, -0.15) is 5.10 Å². The molecule has 3 aromatic rings. The van der Waals surface area contributed by atoms with Crippen LogP contribution in [0.2, 0.25) is 0 Å². The molecule has 0 bridgehead atoms. The predicted molar refractivity (Wildman–Crippen MR) is 69.7 cm³/mol. The van der Waals surface area contributed by atoms with Gasteiger partial charge in [0, 0.05) is 17.5 Å². The van der Waals surface area contributed by atoms with Crippen LogP contribution in [-0.2, 0) is 0 Å². The third-order valence-electron chi connectivity index (χ3n) is 2.91. The first-order chi connectivity index (χ1) is 8.79. The fraction of sp³-hybridized carbons (Fsp3) is 0.143. The second kappa shape index (κ2) is 4.14. The standard InChI is InChI=1S/C14H13N3O/c1-10-7-8-17-14(16-10)12(9-15-17)11-5-3-4-6-13(11)18-2/h3-9H,1-2H3. The van der Waals surface area contributed by atoms with Gasteiger partial charge in [0.2, 0.25) is 0 Å². The number of rotatable bonds is 2. The van der Waals surface area contributed by atoms with Crippen molar-refractivity contribution in [1.29, 1.82) is 0 Å². The lowest BCUT2D eigenvalue weighted by molar-refractivity contribution is 0.416. The summed E-state index contributed by atoms with van der Waals surface area (Å²) in [6.07, 6.45) is 3.73. The Kier molecular flexibility index (Phi) is 2.48. The maximum atomic E-state index is 5.38. The Morgan fingerprint density at radius 1 is 1.11 bits per heavy atom. The number of hydrogen-bond donors (Lipinski definition) is 0. The molecule has 1 aromatic carbocycles. The average Bonchev–Trinajstić information content (AvgIpc) is 2.81. The van der Waals surface area contributed by atoms with Gasteiger partial charge < -0.3 is 4.74 Å². The van der Waals surface area contributed by atoms with E-state index in [0.717, 1.165) is 28.2 Å². The number of hydrogen-bond acceptors (Lipinski definition) is 3. The lowest BCUT2D eigenvalue weighted by Gasteiger charge is -2.06. The topological polar surface area (TPSA) is 39.4 Å². The molecule has 0 unspecified atom stereocenters. The van der Waals surface area contributed by atoms with Crippen LogP contribution in [-0.4, -0.2) is 21.7 Å². The highest BCUT2D eigenvalue weighted by atomic mass is 16.5. The second-order valence-corrected chi connectivity index (χ2v) is 4.10. The van der Waals surface area contributed by atoms with E-state index in [1.165, 1.54) is 0 Å². The molecular weight excluding hydrogens is 226 g/mol. The van der Waals surface area contributed by atoms with Gasteiger partial charge in [0.25, 0.3) is 0 Å². The second-order valence-electron chi connectivity index (χ2n) is 4.10. The zero-order valence-electron chi connectivity index (χ0n) is 10.3. The van der Waals surface area contributed by atoms with E-state index < -0.39 is 0 Å². The van der Waals surface area contributed by atoms with Crippen molar-refractivity contribution in [1.82, 2.24) is 14.6 Å². The number of fused-ring (bicyclic) bond motifs is 1. The van der Waals surface area contributed by atoms with Gasteiger partial charge in [0.15, 0.2) is 5.65 Å². The molecule has 0 aliphatic carbocycles. The van der Waals surface area contributed by atoms with E-state index in [1.54, 1.807) is 11.6 Å². The minimum atomic E-state index is 0.829. The third kappa shape index (κ3) is 1.62. The van der Waals surface area contributed by atoms with E-state index >= 15 is 0 Å². The van der Waals surface area contributed by atoms with Crippen LogP contribution in [0.5, 0.6) is 5.75 Å². The number of methoxy groups -OCH3 is 1. The van der Waals surface area contributed by atoms with E-state index in [-0.39, 0.29) is 0 Å². The van der Waals surface area contributed by atoms with Crippen molar-refractivity contribution in [2.75, 3.05) is 7.11 Å². The number of para-hydroxylation sites is 1.